The largest absolute Gasteiger partial charge is 0.421 e. The van der Waals surface area contributed by atoms with Gasteiger partial charge in [0, 0.05) is 5.92 Å². The van der Waals surface area contributed by atoms with Crippen molar-refractivity contribution in [2.45, 2.75) is 58.5 Å². The zero-order valence-electron chi connectivity index (χ0n) is 18.3. The minimum atomic E-state index is -1.32. The Balaban J connectivity index is 2.26. The first-order valence-corrected chi connectivity index (χ1v) is 10.8. The van der Waals surface area contributed by atoms with Crippen molar-refractivity contribution in [2.24, 2.45) is 11.8 Å². The van der Waals surface area contributed by atoms with E-state index in [-0.39, 0.29) is 0 Å². The van der Waals surface area contributed by atoms with Gasteiger partial charge in [-0.25, -0.2) is 9.59 Å². The lowest BCUT2D eigenvalue weighted by atomic mass is 9.83. The Bertz CT molecular complexity index is 754. The fourth-order valence-corrected chi connectivity index (χ4v) is 3.51. The maximum absolute atomic E-state index is 12.6. The second-order valence-corrected chi connectivity index (χ2v) is 7.69. The Kier molecular flexibility index (Phi) is 9.69. The van der Waals surface area contributed by atoms with E-state index in [4.69, 9.17) is 9.47 Å². The normalized spacial score (nSPS) is 15.0. The summed E-state index contributed by atoms with van der Waals surface area (Å²) in [6, 6.07) is 16.8. The summed E-state index contributed by atoms with van der Waals surface area (Å²) < 4.78 is 11.1. The highest BCUT2D eigenvalue weighted by Crippen LogP contribution is 2.28. The lowest BCUT2D eigenvalue weighted by Crippen LogP contribution is -2.43. The molecule has 0 aromatic heterocycles. The maximum Gasteiger partial charge on any atom is 0.341 e. The van der Waals surface area contributed by atoms with Crippen LogP contribution < -0.4 is 0 Å². The first-order chi connectivity index (χ1) is 14.9. The average molecular weight is 429 g/mol. The van der Waals surface area contributed by atoms with Crippen LogP contribution in [0.4, 0.5) is 0 Å². The molecule has 2 N–H and O–H groups in total. The van der Waals surface area contributed by atoms with E-state index in [0.717, 1.165) is 6.42 Å². The van der Waals surface area contributed by atoms with Crippen molar-refractivity contribution in [2.75, 3.05) is 0 Å². The summed E-state index contributed by atoms with van der Waals surface area (Å²) in [5, 5.41) is 21.4. The Morgan fingerprint density at radius 2 is 1.29 bits per heavy atom. The molecule has 0 aliphatic rings. The Morgan fingerprint density at radius 3 is 1.68 bits per heavy atom. The number of ether oxygens (including phenoxy) is 2. The predicted molar refractivity (Wildman–Crippen MR) is 117 cm³/mol. The second-order valence-electron chi connectivity index (χ2n) is 7.69. The predicted octanol–water partition coefficient (Wildman–Crippen LogP) is 4.21. The standard InChI is InChI=1S/C25H32O6/c1-4-12-20(21(26)5-2)22(27)17(3)25(30-23(28)18-13-8-6-9-14-18)31-24(29)19-15-10-7-11-16-19/h6-11,13-17,20-22,25-27H,4-5,12H2,1-3H3. The fourth-order valence-electron chi connectivity index (χ4n) is 3.51. The molecule has 0 amide bonds. The van der Waals surface area contributed by atoms with Crippen LogP contribution in [0, 0.1) is 11.8 Å². The molecular formula is C25H32O6. The van der Waals surface area contributed by atoms with Crippen LogP contribution in [0.15, 0.2) is 60.7 Å². The molecule has 4 atom stereocenters. The quantitative estimate of drug-likeness (QED) is 0.411. The molecule has 168 valence electrons. The summed E-state index contributed by atoms with van der Waals surface area (Å²) >= 11 is 0. The third-order valence-electron chi connectivity index (χ3n) is 5.41. The minimum absolute atomic E-state index is 0.309. The number of carbonyl (C=O) groups is 2. The number of carbonyl (C=O) groups excluding carboxylic acids is 2. The molecule has 31 heavy (non-hydrogen) atoms. The van der Waals surface area contributed by atoms with Gasteiger partial charge in [0.15, 0.2) is 0 Å². The summed E-state index contributed by atoms with van der Waals surface area (Å²) in [6.07, 6.45) is -1.23. The topological polar surface area (TPSA) is 93.1 Å². The first-order valence-electron chi connectivity index (χ1n) is 10.8. The van der Waals surface area contributed by atoms with Gasteiger partial charge in [-0.1, -0.05) is 63.6 Å². The van der Waals surface area contributed by atoms with Gasteiger partial charge in [-0.3, -0.25) is 0 Å². The number of hydrogen-bond acceptors (Lipinski definition) is 6. The monoisotopic (exact) mass is 428 g/mol. The molecular weight excluding hydrogens is 396 g/mol. The van der Waals surface area contributed by atoms with Crippen LogP contribution in [0.25, 0.3) is 0 Å². The fraction of sp³-hybridized carbons (Fsp3) is 0.440. The van der Waals surface area contributed by atoms with Crippen molar-refractivity contribution >= 4 is 11.9 Å². The average Bonchev–Trinajstić information content (AvgIpc) is 2.81. The van der Waals surface area contributed by atoms with Crippen LogP contribution in [0.1, 0.15) is 60.7 Å². The number of hydrogen-bond donors (Lipinski definition) is 2. The summed E-state index contributed by atoms with van der Waals surface area (Å²) in [4.78, 5) is 25.3. The number of esters is 2. The van der Waals surface area contributed by atoms with E-state index in [9.17, 15) is 19.8 Å². The molecule has 6 nitrogen and oxygen atoms in total. The van der Waals surface area contributed by atoms with Crippen molar-refractivity contribution < 1.29 is 29.3 Å². The number of rotatable bonds is 11. The van der Waals surface area contributed by atoms with Crippen molar-refractivity contribution in [3.8, 4) is 0 Å². The Hall–Kier alpha value is -2.70. The molecule has 0 saturated carbocycles. The molecule has 0 aliphatic heterocycles. The second kappa shape index (κ2) is 12.2. The zero-order valence-corrected chi connectivity index (χ0v) is 18.3. The van der Waals surface area contributed by atoms with E-state index < -0.39 is 42.3 Å². The number of benzene rings is 2. The van der Waals surface area contributed by atoms with E-state index in [1.807, 2.05) is 13.8 Å². The van der Waals surface area contributed by atoms with Crippen LogP contribution >= 0.6 is 0 Å². The summed E-state index contributed by atoms with van der Waals surface area (Å²) in [7, 11) is 0. The molecule has 0 saturated heterocycles. The molecule has 2 rings (SSSR count). The van der Waals surface area contributed by atoms with Crippen LogP contribution in [0.2, 0.25) is 0 Å². The third-order valence-corrected chi connectivity index (χ3v) is 5.41. The van der Waals surface area contributed by atoms with Gasteiger partial charge in [-0.2, -0.15) is 0 Å². The van der Waals surface area contributed by atoms with Crippen LogP contribution in [0.5, 0.6) is 0 Å². The highest BCUT2D eigenvalue weighted by atomic mass is 16.7. The molecule has 0 fully saturated rings. The van der Waals surface area contributed by atoms with Gasteiger partial charge in [-0.05, 0) is 37.1 Å². The SMILES string of the molecule is CCCC(C(O)CC)C(O)C(C)C(OC(=O)c1ccccc1)OC(=O)c1ccccc1. The minimum Gasteiger partial charge on any atom is -0.421 e. The number of aliphatic hydroxyl groups excluding tert-OH is 2. The van der Waals surface area contributed by atoms with Crippen LogP contribution in [-0.2, 0) is 9.47 Å². The molecule has 4 unspecified atom stereocenters. The van der Waals surface area contributed by atoms with Gasteiger partial charge in [0.05, 0.1) is 29.3 Å². The smallest absolute Gasteiger partial charge is 0.341 e. The van der Waals surface area contributed by atoms with E-state index >= 15 is 0 Å². The van der Waals surface area contributed by atoms with E-state index in [0.29, 0.717) is 24.0 Å². The lowest BCUT2D eigenvalue weighted by molar-refractivity contribution is -0.143. The van der Waals surface area contributed by atoms with Crippen molar-refractivity contribution in [3.05, 3.63) is 71.8 Å². The molecule has 0 bridgehead atoms. The van der Waals surface area contributed by atoms with Crippen molar-refractivity contribution in [3.63, 3.8) is 0 Å². The van der Waals surface area contributed by atoms with Gasteiger partial charge in [-0.15, -0.1) is 0 Å². The zero-order chi connectivity index (χ0) is 22.8. The van der Waals surface area contributed by atoms with Crippen LogP contribution in [-0.4, -0.2) is 40.6 Å². The van der Waals surface area contributed by atoms with Gasteiger partial charge < -0.3 is 19.7 Å². The highest BCUT2D eigenvalue weighted by Gasteiger charge is 2.37. The van der Waals surface area contributed by atoms with Crippen LogP contribution in [0.3, 0.4) is 0 Å². The molecule has 0 radical (unpaired) electrons. The van der Waals surface area contributed by atoms with Crippen molar-refractivity contribution in [1.82, 2.24) is 0 Å². The van der Waals surface area contributed by atoms with Crippen molar-refractivity contribution in [1.29, 1.82) is 0 Å². The summed E-state index contributed by atoms with van der Waals surface area (Å²) in [5.74, 6) is -2.50. The first kappa shape index (κ1) is 24.6. The maximum atomic E-state index is 12.6. The highest BCUT2D eigenvalue weighted by molar-refractivity contribution is 5.91. The summed E-state index contributed by atoms with van der Waals surface area (Å²) in [5.41, 5.74) is 0.618. The van der Waals surface area contributed by atoms with Gasteiger partial charge >= 0.3 is 11.9 Å². The lowest BCUT2D eigenvalue weighted by Gasteiger charge is -2.34. The number of aliphatic hydroxyl groups is 2. The van der Waals surface area contributed by atoms with Gasteiger partial charge in [0.25, 0.3) is 6.29 Å². The molecule has 0 spiro atoms. The van der Waals surface area contributed by atoms with E-state index in [1.54, 1.807) is 67.6 Å². The molecule has 6 heteroatoms. The van der Waals surface area contributed by atoms with Gasteiger partial charge in [0.2, 0.25) is 0 Å². The van der Waals surface area contributed by atoms with Gasteiger partial charge in [0.1, 0.15) is 0 Å². The van der Waals surface area contributed by atoms with E-state index in [1.165, 1.54) is 0 Å². The summed E-state index contributed by atoms with van der Waals surface area (Å²) in [6.45, 7) is 5.46. The Labute approximate surface area is 183 Å². The van der Waals surface area contributed by atoms with E-state index in [2.05, 4.69) is 0 Å². The third kappa shape index (κ3) is 6.91. The Morgan fingerprint density at radius 1 is 0.839 bits per heavy atom. The molecule has 0 heterocycles. The molecule has 2 aromatic carbocycles. The molecule has 0 aliphatic carbocycles. The molecule has 2 aromatic rings.